The second kappa shape index (κ2) is 5.97. The molecular weight excluding hydrogens is 263 g/mol. The Morgan fingerprint density at radius 1 is 1.33 bits per heavy atom. The fraction of sp³-hybridized carbons (Fsp3) is 0.800. The number of aliphatic hydroxyl groups excluding tert-OH is 1. The van der Waals surface area contributed by atoms with Gasteiger partial charge in [-0.2, -0.15) is 0 Å². The first-order chi connectivity index (χ1) is 5.83. The van der Waals surface area contributed by atoms with E-state index < -0.39 is 0 Å². The highest BCUT2D eigenvalue weighted by Gasteiger charge is 2.15. The van der Waals surface area contributed by atoms with Gasteiger partial charge in [0.1, 0.15) is 0 Å². The molecule has 1 fully saturated rings. The lowest BCUT2D eigenvalue weighted by atomic mass is 9.85. The van der Waals surface area contributed by atoms with Gasteiger partial charge in [-0.25, -0.2) is 0 Å². The number of rotatable bonds is 3. The molecule has 1 saturated carbocycles. The molecule has 0 amide bonds. The molecule has 1 unspecified atom stereocenters. The van der Waals surface area contributed by atoms with Crippen molar-refractivity contribution < 1.29 is 5.11 Å². The molecule has 1 aliphatic rings. The lowest BCUT2D eigenvalue weighted by Gasteiger charge is -2.22. The van der Waals surface area contributed by atoms with Gasteiger partial charge in [-0.1, -0.05) is 60.8 Å². The van der Waals surface area contributed by atoms with Crippen LogP contribution in [-0.4, -0.2) is 11.2 Å². The van der Waals surface area contributed by atoms with Crippen molar-refractivity contribution in [3.05, 3.63) is 10.2 Å². The van der Waals surface area contributed by atoms with Gasteiger partial charge in [-0.15, -0.1) is 0 Å². The smallest absolute Gasteiger partial charge is 0.0730 e. The molecule has 1 rings (SSSR count). The van der Waals surface area contributed by atoms with E-state index in [9.17, 15) is 5.11 Å². The molecule has 70 valence electrons. The summed E-state index contributed by atoms with van der Waals surface area (Å²) in [5.74, 6) is 0.779. The van der Waals surface area contributed by atoms with Gasteiger partial charge in [-0.05, 0) is 16.4 Å². The first kappa shape index (κ1) is 10.5. The Labute approximate surface area is 88.4 Å². The molecular formula is C10H17IO. The van der Waals surface area contributed by atoms with Crippen molar-refractivity contribution >= 4 is 22.6 Å². The van der Waals surface area contributed by atoms with Gasteiger partial charge in [0.05, 0.1) is 6.10 Å². The van der Waals surface area contributed by atoms with Gasteiger partial charge >= 0.3 is 0 Å². The van der Waals surface area contributed by atoms with Crippen molar-refractivity contribution in [1.29, 1.82) is 0 Å². The highest BCUT2D eigenvalue weighted by molar-refractivity contribution is 14.1. The Bertz CT molecular complexity index is 139. The minimum absolute atomic E-state index is 0.204. The zero-order valence-corrected chi connectivity index (χ0v) is 9.53. The summed E-state index contributed by atoms with van der Waals surface area (Å²) in [5, 5.41) is 9.51. The SMILES string of the molecule is OC(C=CI)CC1CCCCC1. The highest BCUT2D eigenvalue weighted by Crippen LogP contribution is 2.27. The second-order valence-electron chi connectivity index (χ2n) is 3.63. The molecule has 0 aromatic rings. The fourth-order valence-electron chi connectivity index (χ4n) is 1.93. The summed E-state index contributed by atoms with van der Waals surface area (Å²) in [5.41, 5.74) is 0. The molecule has 0 aromatic heterocycles. The van der Waals surface area contributed by atoms with Gasteiger partial charge in [0.2, 0.25) is 0 Å². The molecule has 0 heterocycles. The van der Waals surface area contributed by atoms with Crippen LogP contribution >= 0.6 is 22.6 Å². The van der Waals surface area contributed by atoms with Gasteiger partial charge in [0.25, 0.3) is 0 Å². The summed E-state index contributed by atoms with van der Waals surface area (Å²) in [4.78, 5) is 0. The van der Waals surface area contributed by atoms with E-state index in [2.05, 4.69) is 22.6 Å². The van der Waals surface area contributed by atoms with Crippen LogP contribution in [0.2, 0.25) is 0 Å². The van der Waals surface area contributed by atoms with Crippen LogP contribution in [0.1, 0.15) is 38.5 Å². The summed E-state index contributed by atoms with van der Waals surface area (Å²) >= 11 is 2.16. The predicted octanol–water partition coefficient (Wildman–Crippen LogP) is 3.27. The van der Waals surface area contributed by atoms with Crippen molar-refractivity contribution in [2.24, 2.45) is 5.92 Å². The molecule has 1 nitrogen and oxygen atoms in total. The van der Waals surface area contributed by atoms with Gasteiger partial charge in [0, 0.05) is 0 Å². The minimum atomic E-state index is -0.204. The average Bonchev–Trinajstić information content (AvgIpc) is 2.06. The van der Waals surface area contributed by atoms with E-state index in [0.717, 1.165) is 12.3 Å². The van der Waals surface area contributed by atoms with Gasteiger partial charge < -0.3 is 5.11 Å². The zero-order valence-electron chi connectivity index (χ0n) is 7.38. The summed E-state index contributed by atoms with van der Waals surface area (Å²) in [6, 6.07) is 0. The summed E-state index contributed by atoms with van der Waals surface area (Å²) in [7, 11) is 0. The molecule has 1 N–H and O–H groups in total. The maximum absolute atomic E-state index is 9.51. The summed E-state index contributed by atoms with van der Waals surface area (Å²) in [6.45, 7) is 0. The first-order valence-electron chi connectivity index (χ1n) is 4.78. The van der Waals surface area contributed by atoms with Crippen molar-refractivity contribution in [2.75, 3.05) is 0 Å². The third-order valence-corrected chi connectivity index (χ3v) is 3.01. The Morgan fingerprint density at radius 3 is 2.58 bits per heavy atom. The standard InChI is InChI=1S/C10H17IO/c11-7-6-10(12)8-9-4-2-1-3-5-9/h6-7,9-10,12H,1-5,8H2. The van der Waals surface area contributed by atoms with Crippen molar-refractivity contribution in [3.8, 4) is 0 Å². The topological polar surface area (TPSA) is 20.2 Å². The molecule has 0 aliphatic heterocycles. The fourth-order valence-corrected chi connectivity index (χ4v) is 2.41. The molecule has 0 aromatic carbocycles. The van der Waals surface area contributed by atoms with Crippen molar-refractivity contribution in [2.45, 2.75) is 44.6 Å². The van der Waals surface area contributed by atoms with Crippen LogP contribution in [0, 0.1) is 5.92 Å². The van der Waals surface area contributed by atoms with E-state index in [1.807, 2.05) is 10.2 Å². The number of halogens is 1. The first-order valence-corrected chi connectivity index (χ1v) is 6.02. The van der Waals surface area contributed by atoms with E-state index in [4.69, 9.17) is 0 Å². The largest absolute Gasteiger partial charge is 0.389 e. The zero-order chi connectivity index (χ0) is 8.81. The van der Waals surface area contributed by atoms with E-state index in [1.165, 1.54) is 32.1 Å². The Balaban J connectivity index is 2.19. The molecule has 1 aliphatic carbocycles. The van der Waals surface area contributed by atoms with Crippen molar-refractivity contribution in [1.82, 2.24) is 0 Å². The van der Waals surface area contributed by atoms with E-state index in [1.54, 1.807) is 0 Å². The minimum Gasteiger partial charge on any atom is -0.389 e. The van der Waals surface area contributed by atoms with Gasteiger partial charge in [-0.3, -0.25) is 0 Å². The highest BCUT2D eigenvalue weighted by atomic mass is 127. The van der Waals surface area contributed by atoms with Crippen molar-refractivity contribution in [3.63, 3.8) is 0 Å². The van der Waals surface area contributed by atoms with E-state index in [-0.39, 0.29) is 6.10 Å². The third-order valence-electron chi connectivity index (χ3n) is 2.59. The van der Waals surface area contributed by atoms with Gasteiger partial charge in [0.15, 0.2) is 0 Å². The Morgan fingerprint density at radius 2 is 2.00 bits per heavy atom. The normalized spacial score (nSPS) is 23.2. The molecule has 12 heavy (non-hydrogen) atoms. The summed E-state index contributed by atoms with van der Waals surface area (Å²) < 4.78 is 1.91. The lowest BCUT2D eigenvalue weighted by Crippen LogP contribution is -2.13. The van der Waals surface area contributed by atoms with E-state index in [0.29, 0.717) is 0 Å². The van der Waals surface area contributed by atoms with Crippen LogP contribution in [0.15, 0.2) is 10.2 Å². The van der Waals surface area contributed by atoms with Crippen LogP contribution in [0.3, 0.4) is 0 Å². The predicted molar refractivity (Wildman–Crippen MR) is 60.4 cm³/mol. The Hall–Kier alpha value is 0.430. The molecule has 1 atom stereocenters. The third kappa shape index (κ3) is 3.90. The maximum Gasteiger partial charge on any atom is 0.0730 e. The van der Waals surface area contributed by atoms with Crippen LogP contribution in [0.25, 0.3) is 0 Å². The molecule has 2 heteroatoms. The van der Waals surface area contributed by atoms with Crippen LogP contribution in [0.5, 0.6) is 0 Å². The molecule has 0 spiro atoms. The van der Waals surface area contributed by atoms with Crippen LogP contribution < -0.4 is 0 Å². The molecule has 0 bridgehead atoms. The summed E-state index contributed by atoms with van der Waals surface area (Å²) in [6.07, 6.45) is 9.43. The average molecular weight is 280 g/mol. The molecule has 0 radical (unpaired) electrons. The monoisotopic (exact) mass is 280 g/mol. The van der Waals surface area contributed by atoms with E-state index >= 15 is 0 Å². The maximum atomic E-state index is 9.51. The Kier molecular flexibility index (Phi) is 5.23. The second-order valence-corrected chi connectivity index (χ2v) is 4.34. The number of hydrogen-bond donors (Lipinski definition) is 1. The van der Waals surface area contributed by atoms with Crippen LogP contribution in [-0.2, 0) is 0 Å². The number of aliphatic hydroxyl groups is 1. The molecule has 0 saturated heterocycles. The number of hydrogen-bond acceptors (Lipinski definition) is 1. The quantitative estimate of drug-likeness (QED) is 0.787. The van der Waals surface area contributed by atoms with Crippen LogP contribution in [0.4, 0.5) is 0 Å². The lowest BCUT2D eigenvalue weighted by molar-refractivity contribution is 0.170.